The number of aryl methyl sites for hydroxylation is 1. The van der Waals surface area contributed by atoms with E-state index in [1.54, 1.807) is 6.92 Å². The van der Waals surface area contributed by atoms with E-state index < -0.39 is 14.3 Å². The van der Waals surface area contributed by atoms with Gasteiger partial charge in [-0.15, -0.1) is 11.3 Å². The van der Waals surface area contributed by atoms with Crippen LogP contribution in [-0.2, 0) is 4.43 Å². The SMILES string of the molecule is Cc1sc(NC(=S)C(C)O[Si](C)(C)C(C)(C)C)c(C(=O)O)c1Cl. The van der Waals surface area contributed by atoms with Crippen molar-refractivity contribution in [3.05, 3.63) is 15.5 Å². The summed E-state index contributed by atoms with van der Waals surface area (Å²) in [5, 5.41) is 13.1. The van der Waals surface area contributed by atoms with Gasteiger partial charge in [-0.05, 0) is 32.0 Å². The normalized spacial score (nSPS) is 13.7. The summed E-state index contributed by atoms with van der Waals surface area (Å²) in [7, 11) is -1.96. The third-order valence-corrected chi connectivity index (χ3v) is 10.7. The molecule has 1 heterocycles. The summed E-state index contributed by atoms with van der Waals surface area (Å²) in [6, 6.07) is 0. The van der Waals surface area contributed by atoms with Crippen LogP contribution in [0.2, 0.25) is 23.2 Å². The molecule has 0 aromatic carbocycles. The molecule has 0 saturated heterocycles. The van der Waals surface area contributed by atoms with E-state index in [4.69, 9.17) is 28.2 Å². The molecule has 23 heavy (non-hydrogen) atoms. The monoisotopic (exact) mass is 393 g/mol. The molecular formula is C15H24ClNO3S2Si. The van der Waals surface area contributed by atoms with Crippen molar-refractivity contribution in [2.75, 3.05) is 5.32 Å². The number of aromatic carboxylic acids is 1. The quantitative estimate of drug-likeness (QED) is 0.506. The van der Waals surface area contributed by atoms with Crippen LogP contribution in [0, 0.1) is 6.92 Å². The van der Waals surface area contributed by atoms with Gasteiger partial charge in [-0.3, -0.25) is 0 Å². The highest BCUT2D eigenvalue weighted by Gasteiger charge is 2.39. The summed E-state index contributed by atoms with van der Waals surface area (Å²) in [4.78, 5) is 12.6. The minimum absolute atomic E-state index is 0.0658. The summed E-state index contributed by atoms with van der Waals surface area (Å²) in [6.07, 6.45) is -0.297. The first-order valence-corrected chi connectivity index (χ1v) is 11.8. The molecule has 0 aliphatic heterocycles. The summed E-state index contributed by atoms with van der Waals surface area (Å²) in [5.74, 6) is -1.07. The van der Waals surface area contributed by atoms with Crippen LogP contribution in [0.15, 0.2) is 0 Å². The van der Waals surface area contributed by atoms with Gasteiger partial charge in [0, 0.05) is 4.88 Å². The molecular weight excluding hydrogens is 370 g/mol. The van der Waals surface area contributed by atoms with Gasteiger partial charge in [0.25, 0.3) is 0 Å². The topological polar surface area (TPSA) is 58.6 Å². The van der Waals surface area contributed by atoms with E-state index >= 15 is 0 Å². The van der Waals surface area contributed by atoms with Crippen molar-refractivity contribution in [3.8, 4) is 0 Å². The lowest BCUT2D eigenvalue weighted by molar-refractivity contribution is 0.0698. The molecule has 1 aromatic rings. The van der Waals surface area contributed by atoms with Gasteiger partial charge < -0.3 is 14.8 Å². The van der Waals surface area contributed by atoms with Gasteiger partial charge in [-0.25, -0.2) is 4.79 Å². The molecule has 0 fully saturated rings. The number of hydrogen-bond acceptors (Lipinski definition) is 4. The standard InChI is InChI=1S/C15H24ClNO3S2Si/c1-8(20-23(6,7)15(3,4)5)12(21)17-13-10(14(18)19)11(16)9(2)22-13/h8H,1-7H3,(H,17,21)(H,18,19). The predicted octanol–water partition coefficient (Wildman–Crippen LogP) is 5.56. The van der Waals surface area contributed by atoms with Gasteiger partial charge in [0.2, 0.25) is 0 Å². The maximum absolute atomic E-state index is 11.4. The largest absolute Gasteiger partial charge is 0.478 e. The van der Waals surface area contributed by atoms with Crippen LogP contribution in [0.25, 0.3) is 0 Å². The minimum Gasteiger partial charge on any atom is -0.478 e. The van der Waals surface area contributed by atoms with Crippen LogP contribution in [0.5, 0.6) is 0 Å². The maximum Gasteiger partial charge on any atom is 0.340 e. The summed E-state index contributed by atoms with van der Waals surface area (Å²) < 4.78 is 6.23. The lowest BCUT2D eigenvalue weighted by atomic mass is 10.2. The molecule has 1 aromatic heterocycles. The van der Waals surface area contributed by atoms with Gasteiger partial charge >= 0.3 is 5.97 Å². The van der Waals surface area contributed by atoms with E-state index in [9.17, 15) is 9.90 Å². The molecule has 4 nitrogen and oxygen atoms in total. The zero-order valence-corrected chi connectivity index (χ0v) is 17.9. The van der Waals surface area contributed by atoms with Crippen molar-refractivity contribution in [2.45, 2.75) is 58.9 Å². The van der Waals surface area contributed by atoms with E-state index in [1.165, 1.54) is 11.3 Å². The maximum atomic E-state index is 11.4. The second-order valence-electron chi connectivity index (χ2n) is 6.99. The van der Waals surface area contributed by atoms with E-state index in [1.807, 2.05) is 6.92 Å². The Labute approximate surface area is 153 Å². The molecule has 0 aliphatic carbocycles. The molecule has 1 unspecified atom stereocenters. The molecule has 0 bridgehead atoms. The minimum atomic E-state index is -1.96. The highest BCUT2D eigenvalue weighted by Crippen LogP contribution is 2.39. The number of thiophene rings is 1. The Bertz CT molecular complexity index is 623. The van der Waals surface area contributed by atoms with Gasteiger partial charge in [0.1, 0.15) is 15.6 Å². The number of carboxylic acids is 1. The summed E-state index contributed by atoms with van der Waals surface area (Å²) in [5.41, 5.74) is 0.0658. The zero-order valence-electron chi connectivity index (χ0n) is 14.5. The van der Waals surface area contributed by atoms with Crippen LogP contribution in [0.4, 0.5) is 5.00 Å². The van der Waals surface area contributed by atoms with E-state index in [0.717, 1.165) is 4.88 Å². The van der Waals surface area contributed by atoms with Crippen molar-refractivity contribution in [3.63, 3.8) is 0 Å². The Morgan fingerprint density at radius 1 is 1.43 bits per heavy atom. The van der Waals surface area contributed by atoms with Crippen LogP contribution in [0.3, 0.4) is 0 Å². The zero-order chi connectivity index (χ0) is 18.2. The number of carboxylic acid groups (broad SMARTS) is 1. The highest BCUT2D eigenvalue weighted by molar-refractivity contribution is 7.80. The fraction of sp³-hybridized carbons (Fsp3) is 0.600. The Hall–Kier alpha value is -0.473. The number of thiocarbonyl (C=S) groups is 1. The number of carbonyl (C=O) groups is 1. The first-order chi connectivity index (χ1) is 10.3. The van der Waals surface area contributed by atoms with Gasteiger partial charge in [-0.1, -0.05) is 44.6 Å². The number of rotatable bonds is 5. The average Bonchev–Trinajstić information content (AvgIpc) is 2.62. The van der Waals surface area contributed by atoms with Crippen LogP contribution >= 0.6 is 35.2 Å². The molecule has 8 heteroatoms. The number of hydrogen-bond donors (Lipinski definition) is 2. The van der Waals surface area contributed by atoms with Crippen molar-refractivity contribution >= 4 is 59.4 Å². The predicted molar refractivity (Wildman–Crippen MR) is 105 cm³/mol. The molecule has 1 atom stereocenters. The molecule has 0 radical (unpaired) electrons. The van der Waals surface area contributed by atoms with Gasteiger partial charge in [-0.2, -0.15) is 0 Å². The van der Waals surface area contributed by atoms with Crippen LogP contribution < -0.4 is 5.32 Å². The number of halogens is 1. The fourth-order valence-corrected chi connectivity index (χ4v) is 4.64. The highest BCUT2D eigenvalue weighted by atomic mass is 35.5. The third-order valence-electron chi connectivity index (χ3n) is 4.11. The summed E-state index contributed by atoms with van der Waals surface area (Å²) in [6.45, 7) is 14.5. The van der Waals surface area contributed by atoms with Crippen LogP contribution in [0.1, 0.15) is 42.9 Å². The summed E-state index contributed by atoms with van der Waals surface area (Å²) >= 11 is 12.7. The molecule has 2 N–H and O–H groups in total. The molecule has 0 spiro atoms. The van der Waals surface area contributed by atoms with Crippen molar-refractivity contribution in [1.29, 1.82) is 0 Å². The lowest BCUT2D eigenvalue weighted by Gasteiger charge is -2.38. The second kappa shape index (κ2) is 7.19. The Kier molecular flexibility index (Phi) is 6.43. The molecule has 0 amide bonds. The molecule has 0 saturated carbocycles. The lowest BCUT2D eigenvalue weighted by Crippen LogP contribution is -2.45. The first-order valence-electron chi connectivity index (χ1n) is 7.28. The smallest absolute Gasteiger partial charge is 0.340 e. The Balaban J connectivity index is 2.93. The average molecular weight is 394 g/mol. The molecule has 1 rings (SSSR count). The van der Waals surface area contributed by atoms with E-state index in [2.05, 4.69) is 39.2 Å². The third kappa shape index (κ3) is 4.76. The number of anilines is 1. The molecule has 0 aliphatic rings. The second-order valence-corrected chi connectivity index (χ2v) is 13.8. The van der Waals surface area contributed by atoms with Crippen molar-refractivity contribution in [2.24, 2.45) is 0 Å². The van der Waals surface area contributed by atoms with Crippen LogP contribution in [-0.4, -0.2) is 30.5 Å². The number of nitrogens with one attached hydrogen (secondary N) is 1. The van der Waals surface area contributed by atoms with E-state index in [0.29, 0.717) is 9.99 Å². The fourth-order valence-electron chi connectivity index (χ4n) is 1.69. The van der Waals surface area contributed by atoms with Gasteiger partial charge in [0.15, 0.2) is 8.32 Å². The Morgan fingerprint density at radius 3 is 2.39 bits per heavy atom. The Morgan fingerprint density at radius 2 is 1.96 bits per heavy atom. The first kappa shape index (κ1) is 20.6. The van der Waals surface area contributed by atoms with Crippen molar-refractivity contribution < 1.29 is 14.3 Å². The van der Waals surface area contributed by atoms with Crippen molar-refractivity contribution in [1.82, 2.24) is 0 Å². The van der Waals surface area contributed by atoms with E-state index in [-0.39, 0.29) is 21.7 Å². The molecule has 130 valence electrons. The van der Waals surface area contributed by atoms with Gasteiger partial charge in [0.05, 0.1) is 11.1 Å².